The molecule has 0 bridgehead atoms. The first kappa shape index (κ1) is 23.3. The number of anilines is 2. The van der Waals surface area contributed by atoms with Crippen molar-refractivity contribution in [2.24, 2.45) is 0 Å². The van der Waals surface area contributed by atoms with E-state index in [-0.39, 0.29) is 23.8 Å². The Bertz CT molecular complexity index is 961. The Morgan fingerprint density at radius 2 is 1.63 bits per heavy atom. The second-order valence-corrected chi connectivity index (χ2v) is 8.12. The smallest absolute Gasteiger partial charge is 0.411 e. The molecule has 30 heavy (non-hydrogen) atoms. The third kappa shape index (κ3) is 7.47. The normalized spacial score (nSPS) is 11.0. The SMILES string of the molecule is CNS(=O)(=O)c1ccc(CCC(=O)Nc2cccc(NC(=O)OCCOC)c2)cc1. The summed E-state index contributed by atoms with van der Waals surface area (Å²) in [7, 11) is -0.620. The molecule has 0 aliphatic heterocycles. The van der Waals surface area contributed by atoms with Gasteiger partial charge in [0.15, 0.2) is 0 Å². The van der Waals surface area contributed by atoms with E-state index in [1.807, 2.05) is 0 Å². The van der Waals surface area contributed by atoms with Crippen LogP contribution in [0.15, 0.2) is 53.4 Å². The molecule has 0 saturated carbocycles. The number of aryl methyl sites for hydroxylation is 1. The van der Waals surface area contributed by atoms with Crippen molar-refractivity contribution in [2.45, 2.75) is 17.7 Å². The molecule has 0 aromatic heterocycles. The van der Waals surface area contributed by atoms with E-state index in [2.05, 4.69) is 15.4 Å². The van der Waals surface area contributed by atoms with E-state index in [4.69, 9.17) is 9.47 Å². The van der Waals surface area contributed by atoms with Crippen molar-refractivity contribution in [3.05, 3.63) is 54.1 Å². The van der Waals surface area contributed by atoms with Crippen molar-refractivity contribution >= 4 is 33.4 Å². The molecule has 0 aliphatic rings. The first-order valence-corrected chi connectivity index (χ1v) is 10.7. The quantitative estimate of drug-likeness (QED) is 0.493. The molecule has 0 spiro atoms. The molecule has 2 aromatic carbocycles. The number of rotatable bonds is 10. The molecule has 2 aromatic rings. The molecule has 0 radical (unpaired) electrons. The van der Waals surface area contributed by atoms with Gasteiger partial charge in [-0.25, -0.2) is 17.9 Å². The molecule has 0 heterocycles. The Hall–Kier alpha value is -2.95. The van der Waals surface area contributed by atoms with Crippen LogP contribution in [0.25, 0.3) is 0 Å². The van der Waals surface area contributed by atoms with Crippen LogP contribution in [-0.4, -0.2) is 47.8 Å². The number of ether oxygens (including phenoxy) is 2. The lowest BCUT2D eigenvalue weighted by molar-refractivity contribution is -0.116. The Kier molecular flexibility index (Phi) is 8.78. The van der Waals surface area contributed by atoms with E-state index in [0.717, 1.165) is 5.56 Å². The molecule has 0 saturated heterocycles. The molecular weight excluding hydrogens is 410 g/mol. The minimum absolute atomic E-state index is 0.140. The van der Waals surface area contributed by atoms with Crippen molar-refractivity contribution in [3.63, 3.8) is 0 Å². The van der Waals surface area contributed by atoms with Crippen molar-refractivity contribution in [2.75, 3.05) is 38.0 Å². The fourth-order valence-corrected chi connectivity index (χ4v) is 3.21. The number of hydrogen-bond donors (Lipinski definition) is 3. The zero-order valence-electron chi connectivity index (χ0n) is 16.8. The number of nitrogens with one attached hydrogen (secondary N) is 3. The molecule has 0 aliphatic carbocycles. The van der Waals surface area contributed by atoms with E-state index in [9.17, 15) is 18.0 Å². The zero-order valence-corrected chi connectivity index (χ0v) is 17.6. The minimum atomic E-state index is -3.48. The lowest BCUT2D eigenvalue weighted by atomic mass is 10.1. The van der Waals surface area contributed by atoms with Gasteiger partial charge in [0.1, 0.15) is 6.61 Å². The first-order valence-electron chi connectivity index (χ1n) is 9.19. The maximum atomic E-state index is 12.2. The van der Waals surface area contributed by atoms with Gasteiger partial charge in [0.2, 0.25) is 15.9 Å². The van der Waals surface area contributed by atoms with E-state index >= 15 is 0 Å². The summed E-state index contributed by atoms with van der Waals surface area (Å²) in [6.07, 6.45) is 0.0592. The van der Waals surface area contributed by atoms with Crippen molar-refractivity contribution in [3.8, 4) is 0 Å². The van der Waals surface area contributed by atoms with Gasteiger partial charge >= 0.3 is 6.09 Å². The van der Waals surface area contributed by atoms with Gasteiger partial charge in [-0.15, -0.1) is 0 Å². The molecule has 162 valence electrons. The van der Waals surface area contributed by atoms with Crippen molar-refractivity contribution < 1.29 is 27.5 Å². The van der Waals surface area contributed by atoms with Gasteiger partial charge in [0, 0.05) is 24.9 Å². The van der Waals surface area contributed by atoms with Crippen LogP contribution in [0, 0.1) is 0 Å². The molecule has 2 rings (SSSR count). The van der Waals surface area contributed by atoms with E-state index in [1.54, 1.807) is 36.4 Å². The van der Waals surface area contributed by atoms with Gasteiger partial charge in [0.05, 0.1) is 11.5 Å². The number of sulfonamides is 1. The Labute approximate surface area is 175 Å². The molecule has 0 atom stereocenters. The van der Waals surface area contributed by atoms with Gasteiger partial charge < -0.3 is 14.8 Å². The molecule has 3 N–H and O–H groups in total. The lowest BCUT2D eigenvalue weighted by Gasteiger charge is -2.09. The predicted molar refractivity (Wildman–Crippen MR) is 113 cm³/mol. The third-order valence-electron chi connectivity index (χ3n) is 4.06. The average molecular weight is 436 g/mol. The highest BCUT2D eigenvalue weighted by atomic mass is 32.2. The minimum Gasteiger partial charge on any atom is -0.447 e. The molecule has 2 amide bonds. The number of amides is 2. The maximum Gasteiger partial charge on any atom is 0.411 e. The monoisotopic (exact) mass is 435 g/mol. The van der Waals surface area contributed by atoms with Crippen LogP contribution in [0.3, 0.4) is 0 Å². The largest absolute Gasteiger partial charge is 0.447 e. The fourth-order valence-electron chi connectivity index (χ4n) is 2.48. The van der Waals surface area contributed by atoms with E-state index in [1.165, 1.54) is 26.3 Å². The summed E-state index contributed by atoms with van der Waals surface area (Å²) >= 11 is 0. The summed E-state index contributed by atoms with van der Waals surface area (Å²) in [5, 5.41) is 5.34. The van der Waals surface area contributed by atoms with Crippen LogP contribution in [-0.2, 0) is 30.7 Å². The van der Waals surface area contributed by atoms with Crippen LogP contribution < -0.4 is 15.4 Å². The second kappa shape index (κ2) is 11.3. The molecule has 0 fully saturated rings. The molecule has 0 unspecified atom stereocenters. The predicted octanol–water partition coefficient (Wildman–Crippen LogP) is 2.36. The van der Waals surface area contributed by atoms with Crippen LogP contribution in [0.2, 0.25) is 0 Å². The van der Waals surface area contributed by atoms with Crippen LogP contribution in [0.4, 0.5) is 16.2 Å². The van der Waals surface area contributed by atoms with Gasteiger partial charge in [-0.2, -0.15) is 0 Å². The zero-order chi connectivity index (χ0) is 22.0. The third-order valence-corrected chi connectivity index (χ3v) is 5.49. The highest BCUT2D eigenvalue weighted by Crippen LogP contribution is 2.16. The number of methoxy groups -OCH3 is 1. The van der Waals surface area contributed by atoms with Gasteiger partial charge in [-0.3, -0.25) is 10.1 Å². The van der Waals surface area contributed by atoms with Gasteiger partial charge in [-0.1, -0.05) is 18.2 Å². The van der Waals surface area contributed by atoms with Crippen LogP contribution in [0.5, 0.6) is 0 Å². The molecule has 10 heteroatoms. The number of benzene rings is 2. The van der Waals surface area contributed by atoms with E-state index in [0.29, 0.717) is 24.4 Å². The second-order valence-electron chi connectivity index (χ2n) is 6.23. The highest BCUT2D eigenvalue weighted by Gasteiger charge is 2.11. The average Bonchev–Trinajstić information content (AvgIpc) is 2.73. The summed E-state index contributed by atoms with van der Waals surface area (Å²) in [4.78, 5) is 24.1. The van der Waals surface area contributed by atoms with Crippen molar-refractivity contribution in [1.29, 1.82) is 0 Å². The van der Waals surface area contributed by atoms with Crippen LogP contribution >= 0.6 is 0 Å². The topological polar surface area (TPSA) is 123 Å². The van der Waals surface area contributed by atoms with Crippen molar-refractivity contribution in [1.82, 2.24) is 4.72 Å². The van der Waals surface area contributed by atoms with Crippen LogP contribution in [0.1, 0.15) is 12.0 Å². The Morgan fingerprint density at radius 1 is 0.967 bits per heavy atom. The molecule has 9 nitrogen and oxygen atoms in total. The van der Waals surface area contributed by atoms with Gasteiger partial charge in [-0.05, 0) is 49.4 Å². The van der Waals surface area contributed by atoms with E-state index < -0.39 is 16.1 Å². The summed E-state index contributed by atoms with van der Waals surface area (Å²) < 4.78 is 35.4. The number of carbonyl (C=O) groups excluding carboxylic acids is 2. The standard InChI is InChI=1S/C20H25N3O6S/c1-21-30(26,27)18-9-6-15(7-10-18)8-11-19(24)22-16-4-3-5-17(14-16)23-20(25)29-13-12-28-2/h3-7,9-10,14,21H,8,11-13H2,1-2H3,(H,22,24)(H,23,25). The Balaban J connectivity index is 1.85. The summed E-state index contributed by atoms with van der Waals surface area (Å²) in [6.45, 7) is 0.443. The summed E-state index contributed by atoms with van der Waals surface area (Å²) in [5.41, 5.74) is 1.86. The summed E-state index contributed by atoms with van der Waals surface area (Å²) in [5.74, 6) is -0.207. The Morgan fingerprint density at radius 3 is 2.27 bits per heavy atom. The highest BCUT2D eigenvalue weighted by molar-refractivity contribution is 7.89. The number of carbonyl (C=O) groups is 2. The lowest BCUT2D eigenvalue weighted by Crippen LogP contribution is -2.18. The maximum absolute atomic E-state index is 12.2. The molecular formula is C20H25N3O6S. The first-order chi connectivity index (χ1) is 14.3. The van der Waals surface area contributed by atoms with Gasteiger partial charge in [0.25, 0.3) is 0 Å². The number of hydrogen-bond acceptors (Lipinski definition) is 6. The summed E-state index contributed by atoms with van der Waals surface area (Å²) in [6, 6.07) is 13.0. The fraction of sp³-hybridized carbons (Fsp3) is 0.300.